The normalized spacial score (nSPS) is 25.3. The van der Waals surface area contributed by atoms with E-state index in [1.807, 2.05) is 35.9 Å². The molecule has 2 atom stereocenters. The quantitative estimate of drug-likeness (QED) is 0.893. The Bertz CT molecular complexity index is 846. The Hall–Kier alpha value is -2.57. The molecule has 1 aromatic heterocycles. The van der Waals surface area contributed by atoms with Crippen LogP contribution in [-0.4, -0.2) is 44.6 Å². The molecule has 2 fully saturated rings. The van der Waals surface area contributed by atoms with Gasteiger partial charge < -0.3 is 19.9 Å². The van der Waals surface area contributed by atoms with Crippen LogP contribution in [0, 0.1) is 11.3 Å². The zero-order valence-electron chi connectivity index (χ0n) is 14.2. The van der Waals surface area contributed by atoms with Gasteiger partial charge in [0, 0.05) is 20.1 Å². The summed E-state index contributed by atoms with van der Waals surface area (Å²) in [5, 5.41) is 12.5. The van der Waals surface area contributed by atoms with Gasteiger partial charge in [-0.05, 0) is 30.9 Å². The van der Waals surface area contributed by atoms with Crippen LogP contribution in [0.3, 0.4) is 0 Å². The molecule has 2 N–H and O–H groups in total. The Kier molecular flexibility index (Phi) is 3.67. The topological polar surface area (TPSA) is 87.5 Å². The van der Waals surface area contributed by atoms with E-state index in [-0.39, 0.29) is 11.9 Å². The fourth-order valence-electron chi connectivity index (χ4n) is 4.41. The number of carboxylic acid groups (broad SMARTS) is 1. The van der Waals surface area contributed by atoms with Gasteiger partial charge in [-0.25, -0.2) is 9.78 Å². The summed E-state index contributed by atoms with van der Waals surface area (Å²) in [6.07, 6.45) is 2.49. The highest BCUT2D eigenvalue weighted by molar-refractivity contribution is 5.81. The fourth-order valence-corrected chi connectivity index (χ4v) is 4.41. The van der Waals surface area contributed by atoms with Crippen molar-refractivity contribution in [3.8, 4) is 0 Å². The molecule has 2 amide bonds. The number of carboxylic acids is 1. The van der Waals surface area contributed by atoms with Crippen molar-refractivity contribution in [3.05, 3.63) is 30.1 Å². The number of nitrogens with one attached hydrogen (secondary N) is 1. The smallest absolute Gasteiger partial charge is 0.317 e. The zero-order chi connectivity index (χ0) is 17.6. The van der Waals surface area contributed by atoms with Gasteiger partial charge in [-0.3, -0.25) is 4.79 Å². The molecule has 0 unspecified atom stereocenters. The van der Waals surface area contributed by atoms with Crippen molar-refractivity contribution < 1.29 is 14.7 Å². The molecule has 1 aliphatic carbocycles. The highest BCUT2D eigenvalue weighted by Gasteiger charge is 2.55. The number of hydrogen-bond acceptors (Lipinski definition) is 3. The van der Waals surface area contributed by atoms with Crippen LogP contribution in [0.2, 0.25) is 0 Å². The van der Waals surface area contributed by atoms with E-state index in [1.165, 1.54) is 0 Å². The standard InChI is InChI=1S/C18H22N4O3/c1-21-14-7-3-2-6-13(14)20-15(21)9-19-17(25)22-10-12-5-4-8-18(12,11-22)16(23)24/h2-3,6-7,12H,4-5,8-11H2,1H3,(H,19,25)(H,23,24)/t12-,18+/m0/s1. The maximum Gasteiger partial charge on any atom is 0.317 e. The third kappa shape index (κ3) is 2.45. The Labute approximate surface area is 145 Å². The Morgan fingerprint density at radius 2 is 2.20 bits per heavy atom. The second-order valence-electron chi connectivity index (χ2n) is 7.17. The largest absolute Gasteiger partial charge is 0.481 e. The lowest BCUT2D eigenvalue weighted by atomic mass is 9.81. The van der Waals surface area contributed by atoms with Crippen molar-refractivity contribution in [1.82, 2.24) is 19.8 Å². The van der Waals surface area contributed by atoms with E-state index < -0.39 is 11.4 Å². The first kappa shape index (κ1) is 15.9. The highest BCUT2D eigenvalue weighted by atomic mass is 16.4. The Morgan fingerprint density at radius 3 is 2.92 bits per heavy atom. The van der Waals surface area contributed by atoms with Gasteiger partial charge in [0.1, 0.15) is 5.82 Å². The number of aryl methyl sites for hydroxylation is 1. The number of para-hydroxylation sites is 2. The molecule has 25 heavy (non-hydrogen) atoms. The Balaban J connectivity index is 1.44. The van der Waals surface area contributed by atoms with Gasteiger partial charge in [-0.2, -0.15) is 0 Å². The number of rotatable bonds is 3. The first-order valence-electron chi connectivity index (χ1n) is 8.68. The minimum atomic E-state index is -0.763. The van der Waals surface area contributed by atoms with Crippen LogP contribution in [0.15, 0.2) is 24.3 Å². The van der Waals surface area contributed by atoms with Crippen LogP contribution < -0.4 is 5.32 Å². The third-order valence-electron chi connectivity index (χ3n) is 5.86. The molecule has 0 bridgehead atoms. The summed E-state index contributed by atoms with van der Waals surface area (Å²) in [5.41, 5.74) is 1.18. The van der Waals surface area contributed by atoms with E-state index >= 15 is 0 Å². The number of hydrogen-bond donors (Lipinski definition) is 2. The van der Waals surface area contributed by atoms with E-state index in [0.717, 1.165) is 29.7 Å². The monoisotopic (exact) mass is 342 g/mol. The predicted molar refractivity (Wildman–Crippen MR) is 91.9 cm³/mol. The van der Waals surface area contributed by atoms with E-state index in [1.54, 1.807) is 4.90 Å². The van der Waals surface area contributed by atoms with Gasteiger partial charge in [0.15, 0.2) is 0 Å². The van der Waals surface area contributed by atoms with Crippen molar-refractivity contribution >= 4 is 23.0 Å². The predicted octanol–water partition coefficient (Wildman–Crippen LogP) is 1.97. The molecule has 4 rings (SSSR count). The molecule has 0 radical (unpaired) electrons. The number of aliphatic carboxylic acids is 1. The number of likely N-dealkylation sites (tertiary alicyclic amines) is 1. The SMILES string of the molecule is Cn1c(CNC(=O)N2C[C@@H]3CCC[C@@]3(C(=O)O)C2)nc2ccccc21. The van der Waals surface area contributed by atoms with E-state index in [9.17, 15) is 14.7 Å². The lowest BCUT2D eigenvalue weighted by Crippen LogP contribution is -2.41. The molecule has 1 aromatic carbocycles. The minimum Gasteiger partial charge on any atom is -0.481 e. The lowest BCUT2D eigenvalue weighted by molar-refractivity contribution is -0.149. The fraction of sp³-hybridized carbons (Fsp3) is 0.500. The summed E-state index contributed by atoms with van der Waals surface area (Å²) in [6.45, 7) is 1.16. The van der Waals surface area contributed by atoms with Crippen LogP contribution in [-0.2, 0) is 18.4 Å². The number of benzene rings is 1. The number of aromatic nitrogens is 2. The summed E-state index contributed by atoms with van der Waals surface area (Å²) < 4.78 is 1.97. The molecule has 7 heteroatoms. The maximum atomic E-state index is 12.5. The molecule has 1 saturated heterocycles. The summed E-state index contributed by atoms with van der Waals surface area (Å²) in [4.78, 5) is 30.4. The minimum absolute atomic E-state index is 0.0755. The van der Waals surface area contributed by atoms with Crippen LogP contribution in [0.4, 0.5) is 4.79 Å². The van der Waals surface area contributed by atoms with E-state index in [0.29, 0.717) is 26.1 Å². The van der Waals surface area contributed by atoms with Crippen LogP contribution in [0.5, 0.6) is 0 Å². The van der Waals surface area contributed by atoms with E-state index in [2.05, 4.69) is 10.3 Å². The van der Waals surface area contributed by atoms with Gasteiger partial charge >= 0.3 is 12.0 Å². The van der Waals surface area contributed by atoms with Crippen LogP contribution in [0.25, 0.3) is 11.0 Å². The number of nitrogens with zero attached hydrogens (tertiary/aromatic N) is 3. The molecule has 2 aromatic rings. The van der Waals surface area contributed by atoms with Crippen molar-refractivity contribution in [3.63, 3.8) is 0 Å². The molecule has 2 heterocycles. The van der Waals surface area contributed by atoms with Gasteiger partial charge in [0.2, 0.25) is 0 Å². The van der Waals surface area contributed by atoms with Crippen LogP contribution >= 0.6 is 0 Å². The molecular weight excluding hydrogens is 320 g/mol. The number of amides is 2. The first-order valence-corrected chi connectivity index (χ1v) is 8.68. The summed E-state index contributed by atoms with van der Waals surface area (Å²) >= 11 is 0. The number of carbonyl (C=O) groups is 2. The maximum absolute atomic E-state index is 12.5. The number of carbonyl (C=O) groups excluding carboxylic acids is 1. The second-order valence-corrected chi connectivity index (χ2v) is 7.17. The van der Waals surface area contributed by atoms with Gasteiger partial charge in [-0.15, -0.1) is 0 Å². The highest BCUT2D eigenvalue weighted by Crippen LogP contribution is 2.48. The summed E-state index contributed by atoms with van der Waals surface area (Å²) in [6, 6.07) is 7.62. The average Bonchev–Trinajstić information content (AvgIpc) is 3.24. The molecule has 7 nitrogen and oxygen atoms in total. The zero-order valence-corrected chi connectivity index (χ0v) is 14.2. The number of urea groups is 1. The van der Waals surface area contributed by atoms with Gasteiger partial charge in [0.25, 0.3) is 0 Å². The first-order chi connectivity index (χ1) is 12.0. The molecule has 132 valence electrons. The lowest BCUT2D eigenvalue weighted by Gasteiger charge is -2.23. The van der Waals surface area contributed by atoms with Crippen molar-refractivity contribution in [2.75, 3.05) is 13.1 Å². The summed E-state index contributed by atoms with van der Waals surface area (Å²) in [7, 11) is 1.93. The molecule has 0 spiro atoms. The summed E-state index contributed by atoms with van der Waals surface area (Å²) in [5.74, 6) is 0.0917. The third-order valence-corrected chi connectivity index (χ3v) is 5.86. The molecule has 2 aliphatic rings. The van der Waals surface area contributed by atoms with Gasteiger partial charge in [0.05, 0.1) is 23.0 Å². The molecule has 1 aliphatic heterocycles. The molecular formula is C18H22N4O3. The second kappa shape index (κ2) is 5.75. The van der Waals surface area contributed by atoms with Gasteiger partial charge in [-0.1, -0.05) is 18.6 Å². The Morgan fingerprint density at radius 1 is 1.40 bits per heavy atom. The number of imidazole rings is 1. The van der Waals surface area contributed by atoms with Crippen molar-refractivity contribution in [1.29, 1.82) is 0 Å². The number of fused-ring (bicyclic) bond motifs is 2. The average molecular weight is 342 g/mol. The van der Waals surface area contributed by atoms with Crippen LogP contribution in [0.1, 0.15) is 25.1 Å². The van der Waals surface area contributed by atoms with Crippen molar-refractivity contribution in [2.45, 2.75) is 25.8 Å². The molecule has 1 saturated carbocycles. The van der Waals surface area contributed by atoms with E-state index in [4.69, 9.17) is 0 Å². The van der Waals surface area contributed by atoms with Crippen molar-refractivity contribution in [2.24, 2.45) is 18.4 Å².